The van der Waals surface area contributed by atoms with Crippen molar-refractivity contribution in [2.24, 2.45) is 5.73 Å². The normalized spacial score (nSPS) is 13.2. The van der Waals surface area contributed by atoms with Gasteiger partial charge in [-0.15, -0.1) is 0 Å². The van der Waals surface area contributed by atoms with E-state index >= 15 is 0 Å². The number of hydrogen-bond acceptors (Lipinski definition) is 3. The number of rotatable bonds is 5. The number of ether oxygens (including phenoxy) is 2. The minimum absolute atomic E-state index is 0.167. The number of nitrogens with two attached hydrogens (primary N) is 1. The molecule has 2 N–H and O–H groups in total. The van der Waals surface area contributed by atoms with E-state index < -0.39 is 18.6 Å². The van der Waals surface area contributed by atoms with E-state index in [4.69, 9.17) is 15.2 Å². The molecule has 0 saturated carbocycles. The lowest BCUT2D eigenvalue weighted by molar-refractivity contribution is -0.136. The van der Waals surface area contributed by atoms with Crippen LogP contribution >= 0.6 is 0 Å². The Kier molecular flexibility index (Phi) is 4.84. The zero-order chi connectivity index (χ0) is 13.8. The zero-order valence-corrected chi connectivity index (χ0v) is 10.3. The first-order valence-corrected chi connectivity index (χ1v) is 5.41. The van der Waals surface area contributed by atoms with Crippen molar-refractivity contribution in [2.75, 3.05) is 14.2 Å². The summed E-state index contributed by atoms with van der Waals surface area (Å²) in [6.07, 6.45) is -5.27. The van der Waals surface area contributed by atoms with E-state index in [0.29, 0.717) is 17.1 Å². The molecular weight excluding hydrogens is 247 g/mol. The summed E-state index contributed by atoms with van der Waals surface area (Å²) in [6.45, 7) is 0. The van der Waals surface area contributed by atoms with E-state index in [1.54, 1.807) is 18.2 Å². The molecule has 1 unspecified atom stereocenters. The van der Waals surface area contributed by atoms with Gasteiger partial charge in [0.25, 0.3) is 0 Å². The highest BCUT2D eigenvalue weighted by atomic mass is 19.4. The molecule has 0 aliphatic heterocycles. The maximum Gasteiger partial charge on any atom is 0.389 e. The molecule has 0 spiro atoms. The molecule has 102 valence electrons. The van der Waals surface area contributed by atoms with Crippen LogP contribution in [0.1, 0.15) is 24.4 Å². The monoisotopic (exact) mass is 263 g/mol. The SMILES string of the molecule is COc1cc(OC)cc(C(N)CCC(F)(F)F)c1. The molecule has 0 fully saturated rings. The Morgan fingerprint density at radius 3 is 2.00 bits per heavy atom. The van der Waals surface area contributed by atoms with Crippen LogP contribution in [0.3, 0.4) is 0 Å². The Bertz CT molecular complexity index is 371. The molecule has 0 aliphatic rings. The number of halogens is 3. The predicted molar refractivity (Wildman–Crippen MR) is 61.8 cm³/mol. The highest BCUT2D eigenvalue weighted by Gasteiger charge is 2.28. The van der Waals surface area contributed by atoms with Crippen LogP contribution in [0.15, 0.2) is 18.2 Å². The first-order chi connectivity index (χ1) is 8.35. The van der Waals surface area contributed by atoms with Gasteiger partial charge in [0.1, 0.15) is 11.5 Å². The van der Waals surface area contributed by atoms with Gasteiger partial charge in [0.05, 0.1) is 14.2 Å². The van der Waals surface area contributed by atoms with E-state index in [1.165, 1.54) is 14.2 Å². The predicted octanol–water partition coefficient (Wildman–Crippen LogP) is 3.05. The molecule has 0 heterocycles. The zero-order valence-electron chi connectivity index (χ0n) is 10.3. The van der Waals surface area contributed by atoms with E-state index in [9.17, 15) is 13.2 Å². The van der Waals surface area contributed by atoms with Crippen molar-refractivity contribution in [3.8, 4) is 11.5 Å². The second-order valence-electron chi connectivity index (χ2n) is 3.91. The Morgan fingerprint density at radius 1 is 1.11 bits per heavy atom. The quantitative estimate of drug-likeness (QED) is 0.888. The van der Waals surface area contributed by atoms with Crippen molar-refractivity contribution in [1.82, 2.24) is 0 Å². The number of methoxy groups -OCH3 is 2. The van der Waals surface area contributed by atoms with Gasteiger partial charge in [-0.05, 0) is 24.1 Å². The Labute approximate surface area is 104 Å². The second kappa shape index (κ2) is 5.95. The van der Waals surface area contributed by atoms with E-state index in [0.717, 1.165) is 0 Å². The third kappa shape index (κ3) is 4.44. The van der Waals surface area contributed by atoms with Crippen molar-refractivity contribution in [1.29, 1.82) is 0 Å². The lowest BCUT2D eigenvalue weighted by atomic mass is 10.0. The Morgan fingerprint density at radius 2 is 1.61 bits per heavy atom. The number of hydrogen-bond donors (Lipinski definition) is 1. The van der Waals surface area contributed by atoms with Crippen molar-refractivity contribution in [3.05, 3.63) is 23.8 Å². The van der Waals surface area contributed by atoms with Gasteiger partial charge >= 0.3 is 6.18 Å². The first kappa shape index (κ1) is 14.6. The minimum Gasteiger partial charge on any atom is -0.497 e. The minimum atomic E-state index is -4.19. The van der Waals surface area contributed by atoms with Gasteiger partial charge in [-0.3, -0.25) is 0 Å². The van der Waals surface area contributed by atoms with Crippen LogP contribution in [0.4, 0.5) is 13.2 Å². The molecular formula is C12H16F3NO2. The molecule has 1 aromatic carbocycles. The number of alkyl halides is 3. The van der Waals surface area contributed by atoms with Gasteiger partial charge in [0.2, 0.25) is 0 Å². The maximum absolute atomic E-state index is 12.1. The van der Waals surface area contributed by atoms with E-state index in [1.807, 2.05) is 0 Å². The van der Waals surface area contributed by atoms with Crippen molar-refractivity contribution in [2.45, 2.75) is 25.1 Å². The van der Waals surface area contributed by atoms with Crippen LogP contribution < -0.4 is 15.2 Å². The molecule has 0 aliphatic carbocycles. The molecule has 0 bridgehead atoms. The molecule has 6 heteroatoms. The molecule has 1 atom stereocenters. The molecule has 3 nitrogen and oxygen atoms in total. The fourth-order valence-electron chi connectivity index (χ4n) is 1.53. The molecule has 1 aromatic rings. The molecule has 18 heavy (non-hydrogen) atoms. The standard InChI is InChI=1S/C12H16F3NO2/c1-17-9-5-8(6-10(7-9)18-2)11(16)3-4-12(13,14)15/h5-7,11H,3-4,16H2,1-2H3. The van der Waals surface area contributed by atoms with Gasteiger partial charge in [0.15, 0.2) is 0 Å². The highest BCUT2D eigenvalue weighted by Crippen LogP contribution is 2.30. The maximum atomic E-state index is 12.1. The smallest absolute Gasteiger partial charge is 0.389 e. The van der Waals surface area contributed by atoms with Crippen LogP contribution in [-0.2, 0) is 0 Å². The lowest BCUT2D eigenvalue weighted by Crippen LogP contribution is -2.16. The van der Waals surface area contributed by atoms with Crippen LogP contribution in [0.5, 0.6) is 11.5 Å². The van der Waals surface area contributed by atoms with Gasteiger partial charge in [0, 0.05) is 18.5 Å². The largest absolute Gasteiger partial charge is 0.497 e. The van der Waals surface area contributed by atoms with Crippen molar-refractivity contribution in [3.63, 3.8) is 0 Å². The molecule has 0 aromatic heterocycles. The fourth-order valence-corrected chi connectivity index (χ4v) is 1.53. The van der Waals surface area contributed by atoms with E-state index in [-0.39, 0.29) is 6.42 Å². The molecule has 0 saturated heterocycles. The average molecular weight is 263 g/mol. The number of benzene rings is 1. The summed E-state index contributed by atoms with van der Waals surface area (Å²) in [7, 11) is 2.94. The summed E-state index contributed by atoms with van der Waals surface area (Å²) in [5, 5.41) is 0. The van der Waals surface area contributed by atoms with Gasteiger partial charge < -0.3 is 15.2 Å². The fraction of sp³-hybridized carbons (Fsp3) is 0.500. The second-order valence-corrected chi connectivity index (χ2v) is 3.91. The molecule has 0 amide bonds. The summed E-state index contributed by atoms with van der Waals surface area (Å²) >= 11 is 0. The third-order valence-electron chi connectivity index (χ3n) is 2.54. The van der Waals surface area contributed by atoms with Crippen molar-refractivity contribution >= 4 is 0 Å². The van der Waals surface area contributed by atoms with Crippen LogP contribution in [0.2, 0.25) is 0 Å². The van der Waals surface area contributed by atoms with Crippen LogP contribution in [0.25, 0.3) is 0 Å². The molecule has 1 rings (SSSR count). The van der Waals surface area contributed by atoms with Gasteiger partial charge in [-0.1, -0.05) is 0 Å². The summed E-state index contributed by atoms with van der Waals surface area (Å²) in [5.74, 6) is 1.01. The summed E-state index contributed by atoms with van der Waals surface area (Å²) in [5.41, 5.74) is 6.30. The average Bonchev–Trinajstić information content (AvgIpc) is 2.34. The van der Waals surface area contributed by atoms with Crippen LogP contribution in [-0.4, -0.2) is 20.4 Å². The van der Waals surface area contributed by atoms with Gasteiger partial charge in [-0.2, -0.15) is 13.2 Å². The summed E-state index contributed by atoms with van der Waals surface area (Å²) in [4.78, 5) is 0. The van der Waals surface area contributed by atoms with Crippen molar-refractivity contribution < 1.29 is 22.6 Å². The topological polar surface area (TPSA) is 44.5 Å². The van der Waals surface area contributed by atoms with Gasteiger partial charge in [-0.25, -0.2) is 0 Å². The molecule has 0 radical (unpaired) electrons. The summed E-state index contributed by atoms with van der Waals surface area (Å²) < 4.78 is 46.4. The summed E-state index contributed by atoms with van der Waals surface area (Å²) in [6, 6.07) is 4.17. The Balaban J connectivity index is 2.81. The third-order valence-corrected chi connectivity index (χ3v) is 2.54. The van der Waals surface area contributed by atoms with E-state index in [2.05, 4.69) is 0 Å². The first-order valence-electron chi connectivity index (χ1n) is 5.41. The Hall–Kier alpha value is -1.43. The van der Waals surface area contributed by atoms with Crippen LogP contribution in [0, 0.1) is 0 Å². The highest BCUT2D eigenvalue weighted by molar-refractivity contribution is 5.39. The lowest BCUT2D eigenvalue weighted by Gasteiger charge is -2.15.